The SMILES string of the molecule is CCCCNC(=O)NC(=O)CN1CCC(CCNC)CC1. The van der Waals surface area contributed by atoms with Crippen molar-refractivity contribution in [2.45, 2.75) is 39.0 Å². The van der Waals surface area contributed by atoms with Gasteiger partial charge in [-0.15, -0.1) is 0 Å². The summed E-state index contributed by atoms with van der Waals surface area (Å²) in [6.45, 7) is 5.94. The Hall–Kier alpha value is -1.14. The molecule has 6 heteroatoms. The summed E-state index contributed by atoms with van der Waals surface area (Å²) >= 11 is 0. The van der Waals surface area contributed by atoms with Crippen molar-refractivity contribution in [3.05, 3.63) is 0 Å². The van der Waals surface area contributed by atoms with Crippen molar-refractivity contribution in [3.63, 3.8) is 0 Å². The zero-order chi connectivity index (χ0) is 15.5. The van der Waals surface area contributed by atoms with Gasteiger partial charge in [-0.25, -0.2) is 4.79 Å². The van der Waals surface area contributed by atoms with Gasteiger partial charge >= 0.3 is 6.03 Å². The third-order valence-corrected chi connectivity index (χ3v) is 3.95. The van der Waals surface area contributed by atoms with Gasteiger partial charge in [0.05, 0.1) is 6.54 Å². The molecule has 0 bridgehead atoms. The van der Waals surface area contributed by atoms with E-state index in [0.717, 1.165) is 51.2 Å². The molecular formula is C15H30N4O2. The summed E-state index contributed by atoms with van der Waals surface area (Å²) in [5.74, 6) is 0.548. The Labute approximate surface area is 128 Å². The number of nitrogens with zero attached hydrogens (tertiary/aromatic N) is 1. The van der Waals surface area contributed by atoms with Crippen molar-refractivity contribution in [1.29, 1.82) is 0 Å². The molecule has 0 aromatic carbocycles. The Morgan fingerprint density at radius 3 is 2.52 bits per heavy atom. The van der Waals surface area contributed by atoms with Crippen molar-refractivity contribution in [2.75, 3.05) is 39.8 Å². The molecule has 1 saturated heterocycles. The maximum absolute atomic E-state index is 11.8. The van der Waals surface area contributed by atoms with Crippen LogP contribution in [0.2, 0.25) is 0 Å². The maximum Gasteiger partial charge on any atom is 0.321 e. The number of likely N-dealkylation sites (tertiary alicyclic amines) is 1. The van der Waals surface area contributed by atoms with E-state index < -0.39 is 0 Å². The summed E-state index contributed by atoms with van der Waals surface area (Å²) < 4.78 is 0. The highest BCUT2D eigenvalue weighted by Crippen LogP contribution is 2.19. The number of rotatable bonds is 8. The lowest BCUT2D eigenvalue weighted by atomic mass is 9.93. The fourth-order valence-corrected chi connectivity index (χ4v) is 2.57. The Balaban J connectivity index is 2.14. The molecule has 1 aliphatic rings. The monoisotopic (exact) mass is 298 g/mol. The van der Waals surface area contributed by atoms with Crippen LogP contribution in [0.3, 0.4) is 0 Å². The van der Waals surface area contributed by atoms with Crippen molar-refractivity contribution in [2.24, 2.45) is 5.92 Å². The van der Waals surface area contributed by atoms with E-state index in [-0.39, 0.29) is 11.9 Å². The quantitative estimate of drug-likeness (QED) is 0.583. The molecule has 0 spiro atoms. The minimum atomic E-state index is -0.377. The molecule has 6 nitrogen and oxygen atoms in total. The topological polar surface area (TPSA) is 73.5 Å². The fourth-order valence-electron chi connectivity index (χ4n) is 2.57. The second-order valence-electron chi connectivity index (χ2n) is 5.77. The van der Waals surface area contributed by atoms with Crippen LogP contribution in [-0.4, -0.2) is 56.6 Å². The van der Waals surface area contributed by atoms with Gasteiger partial charge in [0.25, 0.3) is 0 Å². The van der Waals surface area contributed by atoms with Gasteiger partial charge in [-0.3, -0.25) is 15.0 Å². The number of hydrogen-bond donors (Lipinski definition) is 3. The number of carbonyl (C=O) groups excluding carboxylic acids is 2. The van der Waals surface area contributed by atoms with Crippen LogP contribution in [0.15, 0.2) is 0 Å². The second-order valence-corrected chi connectivity index (χ2v) is 5.77. The van der Waals surface area contributed by atoms with Gasteiger partial charge in [0.2, 0.25) is 5.91 Å². The number of hydrogen-bond acceptors (Lipinski definition) is 4. The first-order chi connectivity index (χ1) is 10.2. The van der Waals surface area contributed by atoms with Crippen LogP contribution in [0, 0.1) is 5.92 Å². The average molecular weight is 298 g/mol. The van der Waals surface area contributed by atoms with E-state index in [1.807, 2.05) is 7.05 Å². The number of piperidine rings is 1. The van der Waals surface area contributed by atoms with Gasteiger partial charge in [-0.05, 0) is 58.3 Å². The van der Waals surface area contributed by atoms with E-state index in [4.69, 9.17) is 0 Å². The Morgan fingerprint density at radius 2 is 1.90 bits per heavy atom. The number of amides is 3. The van der Waals surface area contributed by atoms with Gasteiger partial charge < -0.3 is 10.6 Å². The van der Waals surface area contributed by atoms with Crippen LogP contribution in [0.4, 0.5) is 4.79 Å². The third-order valence-electron chi connectivity index (χ3n) is 3.95. The lowest BCUT2D eigenvalue weighted by molar-refractivity contribution is -0.121. The lowest BCUT2D eigenvalue weighted by Gasteiger charge is -2.31. The van der Waals surface area contributed by atoms with Crippen molar-refractivity contribution >= 4 is 11.9 Å². The highest BCUT2D eigenvalue weighted by atomic mass is 16.2. The molecular weight excluding hydrogens is 268 g/mol. The van der Waals surface area contributed by atoms with Crippen molar-refractivity contribution in [3.8, 4) is 0 Å². The molecule has 1 heterocycles. The minimum absolute atomic E-state index is 0.210. The molecule has 0 unspecified atom stereocenters. The Kier molecular flexibility index (Phi) is 9.01. The van der Waals surface area contributed by atoms with Gasteiger partial charge in [0.1, 0.15) is 0 Å². The molecule has 1 aliphatic heterocycles. The summed E-state index contributed by atoms with van der Waals surface area (Å²) in [5, 5.41) is 8.26. The number of urea groups is 1. The van der Waals surface area contributed by atoms with E-state index >= 15 is 0 Å². The third kappa shape index (κ3) is 8.02. The molecule has 3 N–H and O–H groups in total. The number of nitrogens with one attached hydrogen (secondary N) is 3. The lowest BCUT2D eigenvalue weighted by Crippen LogP contribution is -2.46. The number of imide groups is 1. The molecule has 3 amide bonds. The summed E-state index contributed by atoms with van der Waals surface area (Å²) in [6.07, 6.45) is 5.43. The zero-order valence-corrected chi connectivity index (χ0v) is 13.4. The summed E-state index contributed by atoms with van der Waals surface area (Å²) in [5.41, 5.74) is 0. The van der Waals surface area contributed by atoms with E-state index in [0.29, 0.717) is 13.1 Å². The summed E-state index contributed by atoms with van der Waals surface area (Å²) in [4.78, 5) is 25.4. The minimum Gasteiger partial charge on any atom is -0.338 e. The molecule has 0 radical (unpaired) electrons. The molecule has 1 fully saturated rings. The Bertz CT molecular complexity index is 315. The molecule has 0 aliphatic carbocycles. The van der Waals surface area contributed by atoms with Crippen LogP contribution in [0.1, 0.15) is 39.0 Å². The van der Waals surface area contributed by atoms with E-state index in [2.05, 4.69) is 27.8 Å². The smallest absolute Gasteiger partial charge is 0.321 e. The largest absolute Gasteiger partial charge is 0.338 e. The molecule has 0 aromatic heterocycles. The number of unbranched alkanes of at least 4 members (excludes halogenated alkanes) is 1. The first-order valence-corrected chi connectivity index (χ1v) is 8.10. The molecule has 122 valence electrons. The Morgan fingerprint density at radius 1 is 1.19 bits per heavy atom. The van der Waals surface area contributed by atoms with Crippen LogP contribution >= 0.6 is 0 Å². The molecule has 0 saturated carbocycles. The normalized spacial score (nSPS) is 16.7. The van der Waals surface area contributed by atoms with Crippen LogP contribution in [-0.2, 0) is 4.79 Å². The highest BCUT2D eigenvalue weighted by Gasteiger charge is 2.20. The predicted octanol–water partition coefficient (Wildman–Crippen LogP) is 0.934. The maximum atomic E-state index is 11.8. The molecule has 1 rings (SSSR count). The summed E-state index contributed by atoms with van der Waals surface area (Å²) in [6, 6.07) is -0.377. The number of carbonyl (C=O) groups is 2. The standard InChI is InChI=1S/C15H30N4O2/c1-3-4-8-17-15(21)18-14(20)12-19-10-6-13(7-11-19)5-9-16-2/h13,16H,3-12H2,1-2H3,(H2,17,18,20,21). The van der Waals surface area contributed by atoms with E-state index in [9.17, 15) is 9.59 Å². The first kappa shape index (κ1) is 17.9. The van der Waals surface area contributed by atoms with Crippen molar-refractivity contribution < 1.29 is 9.59 Å². The molecule has 0 atom stereocenters. The second kappa shape index (κ2) is 10.6. The van der Waals surface area contributed by atoms with Crippen molar-refractivity contribution in [1.82, 2.24) is 20.9 Å². The van der Waals surface area contributed by atoms with Crippen LogP contribution in [0.25, 0.3) is 0 Å². The molecule has 0 aromatic rings. The average Bonchev–Trinajstić information content (AvgIpc) is 2.46. The van der Waals surface area contributed by atoms with Crippen LogP contribution in [0.5, 0.6) is 0 Å². The molecule has 21 heavy (non-hydrogen) atoms. The predicted molar refractivity (Wildman–Crippen MR) is 84.2 cm³/mol. The fraction of sp³-hybridized carbons (Fsp3) is 0.867. The van der Waals surface area contributed by atoms with Gasteiger partial charge in [0.15, 0.2) is 0 Å². The first-order valence-electron chi connectivity index (χ1n) is 8.10. The highest BCUT2D eigenvalue weighted by molar-refractivity contribution is 5.95. The summed E-state index contributed by atoms with van der Waals surface area (Å²) in [7, 11) is 1.98. The van der Waals surface area contributed by atoms with E-state index in [1.54, 1.807) is 0 Å². The van der Waals surface area contributed by atoms with Crippen LogP contribution < -0.4 is 16.0 Å². The van der Waals surface area contributed by atoms with Gasteiger partial charge in [-0.2, -0.15) is 0 Å². The zero-order valence-electron chi connectivity index (χ0n) is 13.4. The van der Waals surface area contributed by atoms with Gasteiger partial charge in [-0.1, -0.05) is 13.3 Å². The van der Waals surface area contributed by atoms with Gasteiger partial charge in [0, 0.05) is 6.54 Å². The van der Waals surface area contributed by atoms with E-state index in [1.165, 1.54) is 6.42 Å².